The van der Waals surface area contributed by atoms with Crippen molar-refractivity contribution >= 4 is 52.6 Å². The quantitative estimate of drug-likeness (QED) is 0.380. The first-order valence-electron chi connectivity index (χ1n) is 10.6. The molecule has 0 radical (unpaired) electrons. The summed E-state index contributed by atoms with van der Waals surface area (Å²) in [6.07, 6.45) is 0.231. The standard InChI is InChI=1S/C21H26Cl2N4O6/c1-3-32-21-14(9-16(28)33-21)26-19(30)15-5-4-6-27(15)20(31)10(2)25-18(29)11-7-12(22)17(24)13(23)8-11/h7-8,10,14-15,21H,3-6,9,24H2,1-2H3,(H,25,29)(H,26,30)/t10-,14?,15-,21?/m0/s1. The lowest BCUT2D eigenvalue weighted by Gasteiger charge is -2.28. The maximum Gasteiger partial charge on any atom is 0.310 e. The Balaban J connectivity index is 1.63. The van der Waals surface area contributed by atoms with Crippen molar-refractivity contribution in [1.29, 1.82) is 0 Å². The molecule has 2 heterocycles. The number of cyclic esters (lactones) is 1. The first-order valence-corrected chi connectivity index (χ1v) is 11.3. The summed E-state index contributed by atoms with van der Waals surface area (Å²) in [5.74, 6) is -1.82. The minimum atomic E-state index is -0.909. The zero-order valence-electron chi connectivity index (χ0n) is 18.2. The zero-order chi connectivity index (χ0) is 24.3. The van der Waals surface area contributed by atoms with Gasteiger partial charge in [0.2, 0.25) is 18.1 Å². The molecule has 4 N–H and O–H groups in total. The molecule has 1 aromatic rings. The zero-order valence-corrected chi connectivity index (χ0v) is 19.7. The Bertz CT molecular complexity index is 936. The smallest absolute Gasteiger partial charge is 0.310 e. The molecule has 0 spiro atoms. The molecule has 1 aromatic carbocycles. The monoisotopic (exact) mass is 500 g/mol. The van der Waals surface area contributed by atoms with Gasteiger partial charge in [0, 0.05) is 18.7 Å². The van der Waals surface area contributed by atoms with Gasteiger partial charge in [-0.15, -0.1) is 0 Å². The highest BCUT2D eigenvalue weighted by atomic mass is 35.5. The highest BCUT2D eigenvalue weighted by Crippen LogP contribution is 2.29. The number of nitrogen functional groups attached to an aromatic ring is 1. The number of ether oxygens (including phenoxy) is 2. The second-order valence-corrected chi connectivity index (χ2v) is 8.69. The molecule has 2 aliphatic rings. The van der Waals surface area contributed by atoms with Crippen LogP contribution in [-0.2, 0) is 23.9 Å². The molecule has 10 nitrogen and oxygen atoms in total. The number of nitrogens with two attached hydrogens (primary N) is 1. The summed E-state index contributed by atoms with van der Waals surface area (Å²) in [5, 5.41) is 5.62. The van der Waals surface area contributed by atoms with Gasteiger partial charge in [-0.3, -0.25) is 19.2 Å². The van der Waals surface area contributed by atoms with Crippen LogP contribution in [-0.4, -0.2) is 66.2 Å². The number of rotatable bonds is 7. The number of nitrogens with one attached hydrogen (secondary N) is 2. The molecular formula is C21H26Cl2N4O6. The van der Waals surface area contributed by atoms with Gasteiger partial charge in [-0.25, -0.2) is 0 Å². The van der Waals surface area contributed by atoms with E-state index in [1.807, 2.05) is 0 Å². The van der Waals surface area contributed by atoms with E-state index >= 15 is 0 Å². The third-order valence-electron chi connectivity index (χ3n) is 5.52. The molecule has 180 valence electrons. The number of hydrogen-bond donors (Lipinski definition) is 3. The molecule has 3 rings (SSSR count). The van der Waals surface area contributed by atoms with Gasteiger partial charge in [0.05, 0.1) is 22.2 Å². The topological polar surface area (TPSA) is 140 Å². The lowest BCUT2D eigenvalue weighted by molar-refractivity contribution is -0.164. The van der Waals surface area contributed by atoms with Crippen LogP contribution in [0.25, 0.3) is 0 Å². The van der Waals surface area contributed by atoms with E-state index in [0.717, 1.165) is 0 Å². The van der Waals surface area contributed by atoms with Crippen LogP contribution < -0.4 is 16.4 Å². The van der Waals surface area contributed by atoms with Crippen molar-refractivity contribution in [2.45, 2.75) is 57.5 Å². The Morgan fingerprint density at radius 2 is 1.97 bits per heavy atom. The van der Waals surface area contributed by atoms with Gasteiger partial charge < -0.3 is 30.7 Å². The minimum absolute atomic E-state index is 0.00373. The van der Waals surface area contributed by atoms with Gasteiger partial charge in [0.25, 0.3) is 5.91 Å². The SMILES string of the molecule is CCOC1OC(=O)CC1NC(=O)[C@@H]1CCCN1C(=O)[C@H](C)NC(=O)c1cc(Cl)c(N)c(Cl)c1. The lowest BCUT2D eigenvalue weighted by Crippen LogP contribution is -2.54. The maximum absolute atomic E-state index is 13.0. The van der Waals surface area contributed by atoms with Crippen LogP contribution in [0.5, 0.6) is 0 Å². The van der Waals surface area contributed by atoms with E-state index in [9.17, 15) is 19.2 Å². The molecule has 3 amide bonds. The molecule has 2 aliphatic heterocycles. The maximum atomic E-state index is 13.0. The largest absolute Gasteiger partial charge is 0.433 e. The second-order valence-electron chi connectivity index (χ2n) is 7.87. The second kappa shape index (κ2) is 10.6. The number of esters is 1. The molecule has 0 saturated carbocycles. The fourth-order valence-electron chi connectivity index (χ4n) is 3.86. The average Bonchev–Trinajstić information content (AvgIpc) is 3.38. The minimum Gasteiger partial charge on any atom is -0.433 e. The Morgan fingerprint density at radius 1 is 1.30 bits per heavy atom. The van der Waals surface area contributed by atoms with E-state index in [0.29, 0.717) is 26.0 Å². The molecule has 2 fully saturated rings. The van der Waals surface area contributed by atoms with E-state index in [2.05, 4.69) is 10.6 Å². The van der Waals surface area contributed by atoms with Crippen molar-refractivity contribution in [2.24, 2.45) is 0 Å². The molecule has 2 saturated heterocycles. The summed E-state index contributed by atoms with van der Waals surface area (Å²) in [5.41, 5.74) is 6.00. The number of anilines is 1. The highest BCUT2D eigenvalue weighted by Gasteiger charge is 2.41. The fraction of sp³-hybridized carbons (Fsp3) is 0.524. The number of hydrogen-bond acceptors (Lipinski definition) is 7. The fourth-order valence-corrected chi connectivity index (χ4v) is 4.34. The van der Waals surface area contributed by atoms with E-state index < -0.39 is 48.1 Å². The van der Waals surface area contributed by atoms with Gasteiger partial charge >= 0.3 is 5.97 Å². The van der Waals surface area contributed by atoms with Crippen molar-refractivity contribution in [3.05, 3.63) is 27.7 Å². The van der Waals surface area contributed by atoms with Gasteiger partial charge in [-0.2, -0.15) is 0 Å². The summed E-state index contributed by atoms with van der Waals surface area (Å²) >= 11 is 12.0. The van der Waals surface area contributed by atoms with Crippen LogP contribution in [0.3, 0.4) is 0 Å². The summed E-state index contributed by atoms with van der Waals surface area (Å²) in [4.78, 5) is 51.5. The van der Waals surface area contributed by atoms with E-state index in [-0.39, 0.29) is 27.7 Å². The third kappa shape index (κ3) is 5.69. The Kier molecular flexibility index (Phi) is 8.04. The van der Waals surface area contributed by atoms with Crippen LogP contribution in [0.4, 0.5) is 5.69 Å². The molecular weight excluding hydrogens is 475 g/mol. The molecule has 2 unspecified atom stereocenters. The highest BCUT2D eigenvalue weighted by molar-refractivity contribution is 6.39. The number of amides is 3. The Morgan fingerprint density at radius 3 is 2.61 bits per heavy atom. The molecule has 0 bridgehead atoms. The first-order chi connectivity index (χ1) is 15.6. The van der Waals surface area contributed by atoms with Crippen molar-refractivity contribution in [1.82, 2.24) is 15.5 Å². The predicted octanol–water partition coefficient (Wildman–Crippen LogP) is 1.48. The number of nitrogens with zero attached hydrogens (tertiary/aromatic N) is 1. The van der Waals surface area contributed by atoms with Crippen LogP contribution in [0.1, 0.15) is 43.5 Å². The van der Waals surface area contributed by atoms with Crippen LogP contribution in [0.2, 0.25) is 10.0 Å². The van der Waals surface area contributed by atoms with Crippen molar-refractivity contribution in [3.63, 3.8) is 0 Å². The van der Waals surface area contributed by atoms with Crippen molar-refractivity contribution < 1.29 is 28.7 Å². The molecule has 12 heteroatoms. The van der Waals surface area contributed by atoms with E-state index in [4.69, 9.17) is 38.4 Å². The third-order valence-corrected chi connectivity index (χ3v) is 6.14. The van der Waals surface area contributed by atoms with Crippen LogP contribution in [0, 0.1) is 0 Å². The predicted molar refractivity (Wildman–Crippen MR) is 121 cm³/mol. The normalized spacial score (nSPS) is 23.2. The number of halogens is 2. The van der Waals surface area contributed by atoms with Crippen LogP contribution >= 0.6 is 23.2 Å². The summed E-state index contributed by atoms with van der Waals surface area (Å²) < 4.78 is 10.4. The Labute approximate surface area is 201 Å². The number of likely N-dealkylation sites (tertiary alicyclic amines) is 1. The summed E-state index contributed by atoms with van der Waals surface area (Å²) in [6, 6.07) is 0.464. The van der Waals surface area contributed by atoms with Gasteiger partial charge in [0.15, 0.2) is 0 Å². The van der Waals surface area contributed by atoms with Gasteiger partial charge in [-0.05, 0) is 38.8 Å². The van der Waals surface area contributed by atoms with E-state index in [1.54, 1.807) is 6.92 Å². The van der Waals surface area contributed by atoms with Gasteiger partial charge in [0.1, 0.15) is 18.1 Å². The average molecular weight is 501 g/mol. The number of carbonyl (C=O) groups is 4. The number of carbonyl (C=O) groups excluding carboxylic acids is 4. The molecule has 0 aliphatic carbocycles. The first kappa shape index (κ1) is 25.1. The lowest BCUT2D eigenvalue weighted by atomic mass is 10.1. The molecule has 33 heavy (non-hydrogen) atoms. The van der Waals surface area contributed by atoms with Crippen LogP contribution in [0.15, 0.2) is 12.1 Å². The van der Waals surface area contributed by atoms with E-state index in [1.165, 1.54) is 24.0 Å². The molecule has 0 aromatic heterocycles. The number of benzene rings is 1. The van der Waals surface area contributed by atoms with Gasteiger partial charge in [-0.1, -0.05) is 23.2 Å². The molecule has 4 atom stereocenters. The Hall–Kier alpha value is -2.56. The van der Waals surface area contributed by atoms with Crippen molar-refractivity contribution in [3.8, 4) is 0 Å². The summed E-state index contributed by atoms with van der Waals surface area (Å²) in [6.45, 7) is 3.97. The van der Waals surface area contributed by atoms with Crippen molar-refractivity contribution in [2.75, 3.05) is 18.9 Å². The summed E-state index contributed by atoms with van der Waals surface area (Å²) in [7, 11) is 0.